The number of aromatic hydroxyl groups is 1. The molecule has 1 atom stereocenters. The van der Waals surface area contributed by atoms with E-state index in [4.69, 9.17) is 16.6 Å². The molecule has 0 amide bonds. The van der Waals surface area contributed by atoms with Crippen LogP contribution in [0.3, 0.4) is 0 Å². The van der Waals surface area contributed by atoms with Crippen LogP contribution >= 0.6 is 11.6 Å². The lowest BCUT2D eigenvalue weighted by Gasteiger charge is -2.45. The van der Waals surface area contributed by atoms with Gasteiger partial charge in [0.1, 0.15) is 11.6 Å². The summed E-state index contributed by atoms with van der Waals surface area (Å²) in [7, 11) is 0. The van der Waals surface area contributed by atoms with Gasteiger partial charge in [-0.2, -0.15) is 13.8 Å². The van der Waals surface area contributed by atoms with Crippen molar-refractivity contribution < 1.29 is 27.8 Å². The highest BCUT2D eigenvalue weighted by atomic mass is 35.5. The highest BCUT2D eigenvalue weighted by molar-refractivity contribution is 6.23. The number of halogens is 5. The van der Waals surface area contributed by atoms with Crippen LogP contribution in [-0.2, 0) is 5.38 Å². The number of aromatic nitrogens is 3. The summed E-state index contributed by atoms with van der Waals surface area (Å²) in [6, 6.07) is 4.78. The molecule has 2 aliphatic heterocycles. The minimum Gasteiger partial charge on any atom is -0.508 e. The van der Waals surface area contributed by atoms with Crippen molar-refractivity contribution in [2.75, 3.05) is 68.8 Å². The molecule has 4 aromatic rings. The molecular weight excluding hydrogens is 638 g/mol. The van der Waals surface area contributed by atoms with Crippen molar-refractivity contribution in [3.05, 3.63) is 47.7 Å². The van der Waals surface area contributed by atoms with Crippen LogP contribution in [0, 0.1) is 11.6 Å². The van der Waals surface area contributed by atoms with Gasteiger partial charge >= 0.3 is 5.38 Å². The van der Waals surface area contributed by atoms with Crippen LogP contribution in [0.5, 0.6) is 5.75 Å². The molecule has 2 fully saturated rings. The number of phenolic OH excluding ortho intramolecular Hbond substituents is 1. The Hall–Kier alpha value is -3.52. The number of piperazine rings is 1. The Morgan fingerprint density at radius 3 is 2.43 bits per heavy atom. The van der Waals surface area contributed by atoms with Crippen molar-refractivity contribution in [1.29, 1.82) is 0 Å². The number of aliphatic hydroxyl groups is 1. The van der Waals surface area contributed by atoms with E-state index < -0.39 is 28.3 Å². The molecule has 1 unspecified atom stereocenters. The smallest absolute Gasteiger partial charge is 0.352 e. The second kappa shape index (κ2) is 13.2. The molecule has 0 bridgehead atoms. The SMILES string of the molecule is CCC1CN(c2nc(N3CC(N(CC)CC)C3)nc3c(C(F)(F)Cl)c(-c4cc(O)cc5ccc(F)c(F)c45)ncc23)CCN1CCO. The van der Waals surface area contributed by atoms with Crippen molar-refractivity contribution >= 4 is 45.0 Å². The van der Waals surface area contributed by atoms with E-state index in [1.165, 1.54) is 18.3 Å². The van der Waals surface area contributed by atoms with E-state index in [0.717, 1.165) is 31.6 Å². The van der Waals surface area contributed by atoms with E-state index in [-0.39, 0.29) is 57.6 Å². The van der Waals surface area contributed by atoms with Crippen molar-refractivity contribution in [3.63, 3.8) is 0 Å². The van der Waals surface area contributed by atoms with Crippen molar-refractivity contribution in [3.8, 4) is 17.0 Å². The Balaban J connectivity index is 1.58. The average Bonchev–Trinajstić information content (AvgIpc) is 3.02. The Kier molecular flexibility index (Phi) is 9.36. The first-order valence-electron chi connectivity index (χ1n) is 16.0. The van der Waals surface area contributed by atoms with Gasteiger partial charge in [-0.25, -0.2) is 13.8 Å². The van der Waals surface area contributed by atoms with Gasteiger partial charge < -0.3 is 20.0 Å². The van der Waals surface area contributed by atoms with Gasteiger partial charge in [0.15, 0.2) is 11.6 Å². The summed E-state index contributed by atoms with van der Waals surface area (Å²) in [6.07, 6.45) is 2.16. The minimum atomic E-state index is -4.04. The van der Waals surface area contributed by atoms with Crippen LogP contribution in [0.15, 0.2) is 30.5 Å². The molecular formula is C33H38ClF4N7O2. The molecule has 2 aromatic heterocycles. The third kappa shape index (κ3) is 6.14. The van der Waals surface area contributed by atoms with Gasteiger partial charge in [-0.1, -0.05) is 26.8 Å². The summed E-state index contributed by atoms with van der Waals surface area (Å²) in [4.78, 5) is 22.4. The van der Waals surface area contributed by atoms with E-state index in [2.05, 4.69) is 40.5 Å². The fourth-order valence-electron chi connectivity index (χ4n) is 6.97. The molecule has 6 rings (SSSR count). The molecule has 252 valence electrons. The first-order valence-corrected chi connectivity index (χ1v) is 16.3. The normalized spacial score (nSPS) is 18.1. The second-order valence-electron chi connectivity index (χ2n) is 12.1. The number of nitrogens with zero attached hydrogens (tertiary/aromatic N) is 7. The van der Waals surface area contributed by atoms with Crippen LogP contribution in [0.1, 0.15) is 32.8 Å². The number of alkyl halides is 3. The molecule has 9 nitrogen and oxygen atoms in total. The molecule has 0 saturated carbocycles. The zero-order valence-corrected chi connectivity index (χ0v) is 27.3. The number of pyridine rings is 1. The number of phenols is 1. The molecule has 2 saturated heterocycles. The largest absolute Gasteiger partial charge is 0.508 e. The third-order valence-corrected chi connectivity index (χ3v) is 9.67. The van der Waals surface area contributed by atoms with E-state index in [0.29, 0.717) is 45.1 Å². The number of anilines is 2. The number of hydrogen-bond donors (Lipinski definition) is 2. The molecule has 2 aromatic carbocycles. The molecule has 14 heteroatoms. The predicted octanol–water partition coefficient (Wildman–Crippen LogP) is 5.54. The number of hydrogen-bond acceptors (Lipinski definition) is 9. The molecule has 2 N–H and O–H groups in total. The maximum absolute atomic E-state index is 15.7. The standard InChI is InChI=1S/C33H38ClF4N7O2/c1-4-20-16-44(10-9-43(20)11-12-46)31-24-15-39-29(23-14-22(47)13-19-7-8-25(35)28(36)26(19)23)27(33(34,37)38)30(24)40-32(41-31)45-17-21(18-45)42(5-2)6-3/h7-8,13-15,20-21,46-47H,4-6,9-12,16-18H2,1-3H3. The zero-order valence-electron chi connectivity index (χ0n) is 26.5. The number of rotatable bonds is 10. The summed E-state index contributed by atoms with van der Waals surface area (Å²) in [5.41, 5.74) is -1.63. The molecule has 47 heavy (non-hydrogen) atoms. The van der Waals surface area contributed by atoms with Crippen molar-refractivity contribution in [2.24, 2.45) is 0 Å². The van der Waals surface area contributed by atoms with E-state index in [9.17, 15) is 14.6 Å². The van der Waals surface area contributed by atoms with Crippen LogP contribution < -0.4 is 9.80 Å². The maximum Gasteiger partial charge on any atom is 0.352 e. The Morgan fingerprint density at radius 1 is 1.02 bits per heavy atom. The lowest BCUT2D eigenvalue weighted by molar-refractivity contribution is 0.0969. The zero-order chi connectivity index (χ0) is 33.6. The molecule has 0 radical (unpaired) electrons. The second-order valence-corrected chi connectivity index (χ2v) is 12.6. The van der Waals surface area contributed by atoms with Gasteiger partial charge in [0, 0.05) is 68.5 Å². The van der Waals surface area contributed by atoms with Crippen molar-refractivity contribution in [1.82, 2.24) is 24.8 Å². The predicted molar refractivity (Wildman–Crippen MR) is 175 cm³/mol. The lowest BCUT2D eigenvalue weighted by Crippen LogP contribution is -2.60. The Morgan fingerprint density at radius 2 is 1.77 bits per heavy atom. The molecule has 4 heterocycles. The minimum absolute atomic E-state index is 0.0226. The van der Waals surface area contributed by atoms with Gasteiger partial charge in [-0.3, -0.25) is 14.8 Å². The van der Waals surface area contributed by atoms with Crippen LogP contribution in [0.25, 0.3) is 32.9 Å². The highest BCUT2D eigenvalue weighted by Gasteiger charge is 2.39. The quantitative estimate of drug-likeness (QED) is 0.166. The number of fused-ring (bicyclic) bond motifs is 2. The van der Waals surface area contributed by atoms with E-state index in [1.807, 2.05) is 9.80 Å². The fourth-order valence-corrected chi connectivity index (χ4v) is 7.15. The van der Waals surface area contributed by atoms with Crippen LogP contribution in [-0.4, -0.2) is 106 Å². The van der Waals surface area contributed by atoms with Gasteiger partial charge in [-0.15, -0.1) is 0 Å². The number of β-amino-alcohol motifs (C(OH)–C–C–N with tert-alkyl or cyclic N) is 1. The maximum atomic E-state index is 15.7. The van der Waals surface area contributed by atoms with Gasteiger partial charge in [0.05, 0.1) is 28.8 Å². The summed E-state index contributed by atoms with van der Waals surface area (Å²) >= 11 is 5.85. The highest BCUT2D eigenvalue weighted by Crippen LogP contribution is 2.46. The number of benzene rings is 2. The topological polar surface area (TPSA) is 92.1 Å². The molecule has 0 spiro atoms. The number of likely N-dealkylation sites (N-methyl/N-ethyl adjacent to an activating group) is 1. The average molecular weight is 676 g/mol. The first-order chi connectivity index (χ1) is 22.5. The summed E-state index contributed by atoms with van der Waals surface area (Å²) in [5, 5.41) is 16.1. The van der Waals surface area contributed by atoms with E-state index >= 15 is 13.2 Å². The van der Waals surface area contributed by atoms with E-state index in [1.54, 1.807) is 0 Å². The Bertz CT molecular complexity index is 1780. The third-order valence-electron chi connectivity index (χ3n) is 9.48. The first kappa shape index (κ1) is 33.4. The van der Waals surface area contributed by atoms with Gasteiger partial charge in [0.2, 0.25) is 5.95 Å². The van der Waals surface area contributed by atoms with Gasteiger partial charge in [-0.05, 0) is 54.7 Å². The van der Waals surface area contributed by atoms with Gasteiger partial charge in [0.25, 0.3) is 0 Å². The molecule has 2 aliphatic rings. The number of aliphatic hydroxyl groups excluding tert-OH is 1. The van der Waals surface area contributed by atoms with Crippen LogP contribution in [0.4, 0.5) is 29.3 Å². The summed E-state index contributed by atoms with van der Waals surface area (Å²) in [5.74, 6) is -2.12. The Labute approximate surface area is 275 Å². The monoisotopic (exact) mass is 675 g/mol. The summed E-state index contributed by atoms with van der Waals surface area (Å²) in [6.45, 7) is 11.3. The molecule has 0 aliphatic carbocycles. The van der Waals surface area contributed by atoms with Crippen molar-refractivity contribution in [2.45, 2.75) is 44.7 Å². The van der Waals surface area contributed by atoms with Crippen LogP contribution in [0.2, 0.25) is 0 Å². The fraction of sp³-hybridized carbons (Fsp3) is 0.485. The lowest BCUT2D eigenvalue weighted by atomic mass is 9.96. The summed E-state index contributed by atoms with van der Waals surface area (Å²) < 4.78 is 61.2.